The Bertz CT molecular complexity index is 1140. The Morgan fingerprint density at radius 2 is 1.40 bits per heavy atom. The zero-order chi connectivity index (χ0) is 32.7. The molecule has 1 aromatic rings. The molecule has 0 saturated carbocycles. The van der Waals surface area contributed by atoms with Gasteiger partial charge in [0.1, 0.15) is 35.7 Å². The second-order valence-electron chi connectivity index (χ2n) is 10.2. The number of nitrogens with one attached hydrogen (secondary N) is 4. The lowest BCUT2D eigenvalue weighted by molar-refractivity contribution is -0.143. The van der Waals surface area contributed by atoms with Crippen molar-refractivity contribution in [2.24, 2.45) is 11.7 Å². The molecule has 0 unspecified atom stereocenters. The fourth-order valence-electron chi connectivity index (χ4n) is 4.07. The lowest BCUT2D eigenvalue weighted by Crippen LogP contribution is -2.59. The topological polar surface area (TPSA) is 257 Å². The van der Waals surface area contributed by atoms with Crippen molar-refractivity contribution in [3.05, 3.63) is 23.8 Å². The summed E-state index contributed by atoms with van der Waals surface area (Å²) in [6, 6.07) is -1.73. The van der Waals surface area contributed by atoms with E-state index in [2.05, 4.69) is 21.3 Å². The van der Waals surface area contributed by atoms with Gasteiger partial charge in [-0.15, -0.1) is 0 Å². The third kappa shape index (κ3) is 12.2. The smallest absolute Gasteiger partial charge is 0.326 e. The van der Waals surface area contributed by atoms with Gasteiger partial charge in [-0.2, -0.15) is 0 Å². The molecule has 1 rings (SSSR count). The van der Waals surface area contributed by atoms with Gasteiger partial charge >= 0.3 is 11.9 Å². The van der Waals surface area contributed by atoms with Crippen LogP contribution in [0.2, 0.25) is 0 Å². The summed E-state index contributed by atoms with van der Waals surface area (Å²) in [5.41, 5.74) is 5.29. The largest absolute Gasteiger partial charge is 0.508 e. The first kappa shape index (κ1) is 36.6. The van der Waals surface area contributed by atoms with E-state index in [-0.39, 0.29) is 30.6 Å². The van der Waals surface area contributed by atoms with E-state index >= 15 is 0 Å². The number of benzene rings is 1. The number of aliphatic carboxylic acids is 2. The summed E-state index contributed by atoms with van der Waals surface area (Å²) in [5.74, 6) is -7.02. The zero-order valence-corrected chi connectivity index (χ0v) is 24.6. The quantitative estimate of drug-likeness (QED) is 0.0755. The molecule has 5 atom stereocenters. The first-order valence-corrected chi connectivity index (χ1v) is 14.1. The van der Waals surface area contributed by atoms with Crippen molar-refractivity contribution < 1.29 is 49.2 Å². The molecule has 1 aromatic carbocycles. The Morgan fingerprint density at radius 1 is 0.791 bits per heavy atom. The van der Waals surface area contributed by atoms with E-state index in [1.807, 2.05) is 0 Å². The zero-order valence-electron chi connectivity index (χ0n) is 24.6. The van der Waals surface area contributed by atoms with Gasteiger partial charge in [-0.25, -0.2) is 4.79 Å². The number of nitrogens with two attached hydrogens (primary N) is 1. The van der Waals surface area contributed by atoms with Gasteiger partial charge in [-0.05, 0) is 62.8 Å². The van der Waals surface area contributed by atoms with Crippen LogP contribution in [0.1, 0.15) is 76.1 Å². The van der Waals surface area contributed by atoms with Crippen LogP contribution in [0.25, 0.3) is 0 Å². The molecule has 15 nitrogen and oxygen atoms in total. The molecule has 15 heteroatoms. The van der Waals surface area contributed by atoms with Gasteiger partial charge in [0, 0.05) is 6.42 Å². The molecule has 4 amide bonds. The summed E-state index contributed by atoms with van der Waals surface area (Å²) in [6.07, 6.45) is 0.699. The fraction of sp³-hybridized carbons (Fsp3) is 0.571. The molecule has 0 aliphatic rings. The Kier molecular flexibility index (Phi) is 15.5. The fourth-order valence-corrected chi connectivity index (χ4v) is 4.07. The summed E-state index contributed by atoms with van der Waals surface area (Å²) < 4.78 is 0. The van der Waals surface area contributed by atoms with Crippen molar-refractivity contribution in [1.29, 1.82) is 0 Å². The third-order valence-corrected chi connectivity index (χ3v) is 6.89. The monoisotopic (exact) mass is 609 g/mol. The SMILES string of the molecule is CC[C@H](NC(=O)[C@H](CCC(=O)O)NC(=O)[C@@H](NC(=O)[C@H](CCCCN)NC(=O)c1cc(O)ccc1O)[C@@H](C)CC)C(=O)O. The van der Waals surface area contributed by atoms with E-state index in [1.54, 1.807) is 13.8 Å². The summed E-state index contributed by atoms with van der Waals surface area (Å²) in [4.78, 5) is 75.1. The molecule has 0 fully saturated rings. The molecule has 0 aliphatic heterocycles. The summed E-state index contributed by atoms with van der Waals surface area (Å²) in [6.45, 7) is 5.29. The van der Waals surface area contributed by atoms with E-state index in [0.717, 1.165) is 12.1 Å². The van der Waals surface area contributed by atoms with Crippen LogP contribution in [0.5, 0.6) is 11.5 Å². The number of phenols is 2. The highest BCUT2D eigenvalue weighted by atomic mass is 16.4. The van der Waals surface area contributed by atoms with Crippen molar-refractivity contribution >= 4 is 35.6 Å². The molecule has 0 spiro atoms. The van der Waals surface area contributed by atoms with Crippen LogP contribution in [0, 0.1) is 5.92 Å². The first-order valence-electron chi connectivity index (χ1n) is 14.1. The lowest BCUT2D eigenvalue weighted by atomic mass is 9.96. The molecule has 10 N–H and O–H groups in total. The highest BCUT2D eigenvalue weighted by Crippen LogP contribution is 2.22. The predicted octanol–water partition coefficient (Wildman–Crippen LogP) is 0.185. The van der Waals surface area contributed by atoms with E-state index < -0.39 is 77.8 Å². The van der Waals surface area contributed by atoms with Crippen molar-refractivity contribution in [2.45, 2.75) is 89.9 Å². The number of carbonyl (C=O) groups is 6. The normalized spacial score (nSPS) is 14.3. The van der Waals surface area contributed by atoms with Crippen LogP contribution in [0.3, 0.4) is 0 Å². The van der Waals surface area contributed by atoms with Crippen LogP contribution in [-0.4, -0.2) is 86.7 Å². The van der Waals surface area contributed by atoms with E-state index in [9.17, 15) is 44.1 Å². The molecule has 0 bridgehead atoms. The summed E-state index contributed by atoms with van der Waals surface area (Å²) in [5, 5.41) is 48.0. The van der Waals surface area contributed by atoms with Gasteiger partial charge < -0.3 is 47.4 Å². The van der Waals surface area contributed by atoms with Crippen LogP contribution in [0.15, 0.2) is 18.2 Å². The Hall–Kier alpha value is -4.40. The standard InChI is InChI=1S/C28H43N5O10/c1-4-15(3)23(27(41)32-20(10-12-22(36)37)25(39)30-18(5-2)28(42)43)33-26(40)19(8-6-7-13-29)31-24(38)17-14-16(34)9-11-21(17)35/h9,11,14-15,18-20,23,34-35H,4-8,10,12-13,29H2,1-3H3,(H,30,39)(H,31,38)(H,32,41)(H,33,40)(H,36,37)(H,42,43)/t15-,18-,19-,20-,23-/m0/s1. The molecule has 43 heavy (non-hydrogen) atoms. The predicted molar refractivity (Wildman–Crippen MR) is 154 cm³/mol. The molecule has 0 radical (unpaired) electrons. The minimum atomic E-state index is -1.41. The van der Waals surface area contributed by atoms with Crippen LogP contribution in [-0.2, 0) is 24.0 Å². The van der Waals surface area contributed by atoms with Crippen molar-refractivity contribution in [3.63, 3.8) is 0 Å². The van der Waals surface area contributed by atoms with Crippen LogP contribution in [0.4, 0.5) is 0 Å². The molecular weight excluding hydrogens is 566 g/mol. The number of hydrogen-bond donors (Lipinski definition) is 9. The first-order chi connectivity index (χ1) is 20.2. The molecular formula is C28H43N5O10. The van der Waals surface area contributed by atoms with E-state index in [0.29, 0.717) is 25.8 Å². The minimum Gasteiger partial charge on any atom is -0.508 e. The number of hydrogen-bond acceptors (Lipinski definition) is 9. The van der Waals surface area contributed by atoms with Gasteiger partial charge in [0.2, 0.25) is 17.7 Å². The Balaban J connectivity index is 3.21. The number of carboxylic acid groups (broad SMARTS) is 2. The number of rotatable bonds is 19. The lowest BCUT2D eigenvalue weighted by Gasteiger charge is -2.28. The number of phenolic OH excluding ortho intramolecular Hbond substituents is 2. The highest BCUT2D eigenvalue weighted by Gasteiger charge is 2.33. The number of carbonyl (C=O) groups excluding carboxylic acids is 4. The Morgan fingerprint density at radius 3 is 1.95 bits per heavy atom. The van der Waals surface area contributed by atoms with Crippen molar-refractivity contribution in [2.75, 3.05) is 6.54 Å². The van der Waals surface area contributed by atoms with Gasteiger partial charge in [0.05, 0.1) is 5.56 Å². The van der Waals surface area contributed by atoms with E-state index in [4.69, 9.17) is 10.8 Å². The maximum atomic E-state index is 13.4. The maximum Gasteiger partial charge on any atom is 0.326 e. The van der Waals surface area contributed by atoms with E-state index in [1.165, 1.54) is 13.0 Å². The highest BCUT2D eigenvalue weighted by molar-refractivity contribution is 6.00. The van der Waals surface area contributed by atoms with Gasteiger partial charge in [-0.3, -0.25) is 24.0 Å². The molecule has 0 saturated heterocycles. The molecule has 240 valence electrons. The number of amides is 4. The minimum absolute atomic E-state index is 0.0455. The number of unbranched alkanes of at least 4 members (excludes halogenated alkanes) is 1. The Labute approximate surface area is 249 Å². The average molecular weight is 610 g/mol. The van der Waals surface area contributed by atoms with Crippen molar-refractivity contribution in [1.82, 2.24) is 21.3 Å². The number of carboxylic acids is 2. The molecule has 0 aliphatic carbocycles. The van der Waals surface area contributed by atoms with Crippen LogP contribution >= 0.6 is 0 Å². The second kappa shape index (κ2) is 18.2. The van der Waals surface area contributed by atoms with Gasteiger partial charge in [0.15, 0.2) is 0 Å². The third-order valence-electron chi connectivity index (χ3n) is 6.89. The van der Waals surface area contributed by atoms with Gasteiger partial charge in [0.25, 0.3) is 5.91 Å². The maximum absolute atomic E-state index is 13.4. The average Bonchev–Trinajstić information content (AvgIpc) is 2.96. The molecule has 0 aromatic heterocycles. The summed E-state index contributed by atoms with van der Waals surface area (Å²) in [7, 11) is 0. The summed E-state index contributed by atoms with van der Waals surface area (Å²) >= 11 is 0. The second-order valence-corrected chi connectivity index (χ2v) is 10.2. The number of aromatic hydroxyl groups is 2. The van der Waals surface area contributed by atoms with Gasteiger partial charge in [-0.1, -0.05) is 27.2 Å². The molecule has 0 heterocycles. The van der Waals surface area contributed by atoms with Crippen LogP contribution < -0.4 is 27.0 Å². The van der Waals surface area contributed by atoms with Crippen molar-refractivity contribution in [3.8, 4) is 11.5 Å².